The predicted octanol–water partition coefficient (Wildman–Crippen LogP) is 2.74. The Bertz CT molecular complexity index is 318. The Morgan fingerprint density at radius 1 is 1.67 bits per heavy atom. The van der Waals surface area contributed by atoms with E-state index in [9.17, 15) is 0 Å². The summed E-state index contributed by atoms with van der Waals surface area (Å²) >= 11 is 4.16. The molecule has 0 N–H and O–H groups in total. The summed E-state index contributed by atoms with van der Waals surface area (Å²) in [5.41, 5.74) is 0.903. The first-order valence-electron chi connectivity index (χ1n) is 3.58. The van der Waals surface area contributed by atoms with Crippen LogP contribution in [0.25, 0.3) is 6.08 Å². The van der Waals surface area contributed by atoms with Crippen LogP contribution < -0.4 is 0 Å². The second kappa shape index (κ2) is 4.07. The van der Waals surface area contributed by atoms with Crippen LogP contribution in [0.15, 0.2) is 28.7 Å². The maximum atomic E-state index is 4.16. The van der Waals surface area contributed by atoms with Gasteiger partial charge >= 0.3 is 0 Å². The van der Waals surface area contributed by atoms with Crippen molar-refractivity contribution in [3.8, 4) is 0 Å². The van der Waals surface area contributed by atoms with E-state index in [1.807, 2.05) is 13.0 Å². The van der Waals surface area contributed by atoms with Gasteiger partial charge in [0.2, 0.25) is 0 Å². The van der Waals surface area contributed by atoms with Gasteiger partial charge in [0.15, 0.2) is 5.82 Å². The Kier molecular flexibility index (Phi) is 3.05. The van der Waals surface area contributed by atoms with Gasteiger partial charge in [-0.2, -0.15) is 0 Å². The number of pyridine rings is 1. The monoisotopic (exact) mass is 178 g/mol. The van der Waals surface area contributed by atoms with Gasteiger partial charge in [-0.3, -0.25) is 0 Å². The van der Waals surface area contributed by atoms with E-state index in [1.165, 1.54) is 0 Å². The normalized spacial score (nSPS) is 10.5. The quantitative estimate of drug-likeness (QED) is 0.546. The third kappa shape index (κ3) is 1.95. The molecular weight excluding hydrogens is 168 g/mol. The van der Waals surface area contributed by atoms with Crippen molar-refractivity contribution in [3.63, 3.8) is 0 Å². The molecule has 0 bridgehead atoms. The van der Waals surface area contributed by atoms with Crippen LogP contribution in [0, 0.1) is 0 Å². The van der Waals surface area contributed by atoms with Crippen LogP contribution in [0.3, 0.4) is 0 Å². The van der Waals surface area contributed by atoms with E-state index in [1.54, 1.807) is 18.5 Å². The average molecular weight is 178 g/mol. The predicted molar refractivity (Wildman–Crippen MR) is 55.4 cm³/mol. The average Bonchev–Trinajstić information content (AvgIpc) is 2.08. The van der Waals surface area contributed by atoms with Gasteiger partial charge in [0.25, 0.3) is 0 Å². The van der Waals surface area contributed by atoms with Gasteiger partial charge in [-0.15, -0.1) is 12.6 Å². The number of thiol groups is 1. The minimum Gasteiger partial charge on any atom is -0.241 e. The number of aliphatic imine (C=N–C) groups is 1. The number of nitrogens with zero attached hydrogens (tertiary/aromatic N) is 2. The first-order valence-corrected chi connectivity index (χ1v) is 4.02. The molecule has 1 aromatic rings. The molecule has 1 rings (SSSR count). The van der Waals surface area contributed by atoms with E-state index in [2.05, 4.69) is 29.2 Å². The summed E-state index contributed by atoms with van der Waals surface area (Å²) in [6, 6.07) is 1.88. The molecule has 0 aromatic carbocycles. The number of hydrogen-bond donors (Lipinski definition) is 1. The first kappa shape index (κ1) is 9.00. The molecule has 0 aliphatic carbocycles. The Labute approximate surface area is 77.5 Å². The smallest absolute Gasteiger partial charge is 0.158 e. The van der Waals surface area contributed by atoms with E-state index < -0.39 is 0 Å². The van der Waals surface area contributed by atoms with Gasteiger partial charge in [-0.25, -0.2) is 9.98 Å². The number of rotatable bonds is 2. The minimum atomic E-state index is 0.685. The van der Waals surface area contributed by atoms with Crippen LogP contribution >= 0.6 is 12.6 Å². The largest absolute Gasteiger partial charge is 0.241 e. The molecule has 62 valence electrons. The summed E-state index contributed by atoms with van der Waals surface area (Å²) in [4.78, 5) is 8.99. The number of hydrogen-bond acceptors (Lipinski definition) is 3. The molecule has 3 heteroatoms. The lowest BCUT2D eigenvalue weighted by Crippen LogP contribution is -1.80. The summed E-state index contributed by atoms with van der Waals surface area (Å²) in [5.74, 6) is 0.685. The molecule has 0 fully saturated rings. The molecule has 12 heavy (non-hydrogen) atoms. The lowest BCUT2D eigenvalue weighted by Gasteiger charge is -1.98. The van der Waals surface area contributed by atoms with Gasteiger partial charge in [-0.05, 0) is 13.0 Å². The fourth-order valence-electron chi connectivity index (χ4n) is 0.843. The highest BCUT2D eigenvalue weighted by molar-refractivity contribution is 7.80. The standard InChI is InChI=1S/C9H10N2S/c1-3-7-5-8(12)6-11-9(7)10-4-2/h3-6,12H,1H2,2H3/b10-4-. The fourth-order valence-corrected chi connectivity index (χ4v) is 1.04. The molecule has 1 heterocycles. The second-order valence-corrected chi connectivity index (χ2v) is 2.71. The molecule has 1 aromatic heterocycles. The summed E-state index contributed by atoms with van der Waals surface area (Å²) in [6.07, 6.45) is 5.08. The first-order chi connectivity index (χ1) is 5.77. The van der Waals surface area contributed by atoms with Crippen molar-refractivity contribution >= 4 is 30.7 Å². The van der Waals surface area contributed by atoms with Crippen LogP contribution in [0.2, 0.25) is 0 Å². The van der Waals surface area contributed by atoms with Crippen molar-refractivity contribution in [2.45, 2.75) is 11.8 Å². The summed E-state index contributed by atoms with van der Waals surface area (Å²) in [6.45, 7) is 5.52. The zero-order chi connectivity index (χ0) is 8.97. The van der Waals surface area contributed by atoms with Crippen LogP contribution in [0.1, 0.15) is 12.5 Å². The molecule has 0 saturated carbocycles. The maximum absolute atomic E-state index is 4.16. The molecule has 2 nitrogen and oxygen atoms in total. The molecule has 0 aliphatic heterocycles. The van der Waals surface area contributed by atoms with Crippen molar-refractivity contribution in [1.82, 2.24) is 4.98 Å². The molecule has 0 spiro atoms. The van der Waals surface area contributed by atoms with Crippen molar-refractivity contribution in [2.75, 3.05) is 0 Å². The molecule has 0 amide bonds. The maximum Gasteiger partial charge on any atom is 0.158 e. The SMILES string of the molecule is C=Cc1cc(S)cnc1/N=C\C. The van der Waals surface area contributed by atoms with Crippen LogP contribution in [0.4, 0.5) is 5.82 Å². The van der Waals surface area contributed by atoms with Crippen LogP contribution in [0.5, 0.6) is 0 Å². The Morgan fingerprint density at radius 3 is 3.00 bits per heavy atom. The lowest BCUT2D eigenvalue weighted by molar-refractivity contribution is 1.20. The Hall–Kier alpha value is -1.09. The summed E-state index contributed by atoms with van der Waals surface area (Å²) < 4.78 is 0. The third-order valence-electron chi connectivity index (χ3n) is 1.35. The molecular formula is C9H10N2S. The topological polar surface area (TPSA) is 25.2 Å². The van der Waals surface area contributed by atoms with Gasteiger partial charge in [0, 0.05) is 22.9 Å². The van der Waals surface area contributed by atoms with Crippen molar-refractivity contribution in [2.24, 2.45) is 4.99 Å². The fraction of sp³-hybridized carbons (Fsp3) is 0.111. The molecule has 0 unspecified atom stereocenters. The van der Waals surface area contributed by atoms with Crippen molar-refractivity contribution in [3.05, 3.63) is 24.4 Å². The van der Waals surface area contributed by atoms with E-state index in [4.69, 9.17) is 0 Å². The molecule has 0 saturated heterocycles. The van der Waals surface area contributed by atoms with Crippen molar-refractivity contribution < 1.29 is 0 Å². The molecule has 0 radical (unpaired) electrons. The van der Waals surface area contributed by atoms with E-state index in [-0.39, 0.29) is 0 Å². The highest BCUT2D eigenvalue weighted by Gasteiger charge is 1.97. The van der Waals surface area contributed by atoms with E-state index >= 15 is 0 Å². The summed E-state index contributed by atoms with van der Waals surface area (Å²) in [5, 5.41) is 0. The van der Waals surface area contributed by atoms with Gasteiger partial charge in [0.05, 0.1) is 0 Å². The zero-order valence-electron chi connectivity index (χ0n) is 6.86. The lowest BCUT2D eigenvalue weighted by atomic mass is 10.2. The van der Waals surface area contributed by atoms with Crippen LogP contribution in [-0.2, 0) is 0 Å². The Balaban J connectivity index is 3.19. The van der Waals surface area contributed by atoms with E-state index in [0.29, 0.717) is 5.82 Å². The number of aromatic nitrogens is 1. The molecule has 0 atom stereocenters. The second-order valence-electron chi connectivity index (χ2n) is 2.20. The van der Waals surface area contributed by atoms with E-state index in [0.717, 1.165) is 10.5 Å². The van der Waals surface area contributed by atoms with Crippen molar-refractivity contribution in [1.29, 1.82) is 0 Å². The van der Waals surface area contributed by atoms with Gasteiger partial charge in [0.1, 0.15) is 0 Å². The van der Waals surface area contributed by atoms with Gasteiger partial charge in [-0.1, -0.05) is 12.7 Å². The summed E-state index contributed by atoms with van der Waals surface area (Å²) in [7, 11) is 0. The minimum absolute atomic E-state index is 0.685. The highest BCUT2D eigenvalue weighted by atomic mass is 32.1. The Morgan fingerprint density at radius 2 is 2.42 bits per heavy atom. The molecule has 0 aliphatic rings. The zero-order valence-corrected chi connectivity index (χ0v) is 7.75. The van der Waals surface area contributed by atoms with Crippen LogP contribution in [-0.4, -0.2) is 11.2 Å². The highest BCUT2D eigenvalue weighted by Crippen LogP contribution is 2.19. The third-order valence-corrected chi connectivity index (χ3v) is 1.60. The van der Waals surface area contributed by atoms with Gasteiger partial charge < -0.3 is 0 Å².